The fraction of sp³-hybridized carbons (Fsp3) is 1.00. The van der Waals surface area contributed by atoms with Crippen LogP contribution in [0.3, 0.4) is 0 Å². The second-order valence-electron chi connectivity index (χ2n) is 8.36. The Kier molecular flexibility index (Phi) is 94.6. The lowest BCUT2D eigenvalue weighted by molar-refractivity contribution is 0.0385. The molecule has 0 amide bonds. The van der Waals surface area contributed by atoms with Gasteiger partial charge in [0.1, 0.15) is 0 Å². The topological polar surface area (TPSA) is 148 Å². The monoisotopic (exact) mass is 717 g/mol. The summed E-state index contributed by atoms with van der Waals surface area (Å²) in [6, 6.07) is 0. The van der Waals surface area contributed by atoms with Crippen molar-refractivity contribution in [1.29, 1.82) is 0 Å². The molecule has 0 spiro atoms. The summed E-state index contributed by atoms with van der Waals surface area (Å²) in [5.74, 6) is 0. The predicted octanol–water partition coefficient (Wildman–Crippen LogP) is 1.74. The Balaban J connectivity index is -0.000000111. The maximum atomic E-state index is 5.06. The summed E-state index contributed by atoms with van der Waals surface area (Å²) in [6.45, 7) is 13.2. The van der Waals surface area contributed by atoms with Crippen molar-refractivity contribution in [1.82, 2.24) is 0 Å². The molecule has 0 aliphatic rings. The highest BCUT2D eigenvalue weighted by Crippen LogP contribution is 1.78. The number of hydrogen-bond acceptors (Lipinski definition) is 16. The van der Waals surface area contributed by atoms with E-state index >= 15 is 0 Å². The average Bonchev–Trinajstić information content (AvgIpc) is 3.11. The van der Waals surface area contributed by atoms with Gasteiger partial charge in [-0.3, -0.25) is 0 Å². The first-order chi connectivity index (χ1) is 23.5. The minimum Gasteiger partial charge on any atom is -0.382 e. The fourth-order valence-corrected chi connectivity index (χ4v) is 1.88. The van der Waals surface area contributed by atoms with Gasteiger partial charge < -0.3 is 75.8 Å². The number of ether oxygens (including phenoxy) is 16. The summed E-state index contributed by atoms with van der Waals surface area (Å²) < 4.78 is 76.9. The van der Waals surface area contributed by atoms with Crippen molar-refractivity contribution in [2.45, 2.75) is 0 Å². The SMILES string of the molecule is COCCOC.COCCOC.COCCOCCOC.COCCOCCOC.COCCOCCOC.COCCOCCOC. The van der Waals surface area contributed by atoms with E-state index in [2.05, 4.69) is 18.9 Å². The third-order valence-electron chi connectivity index (χ3n) is 4.44. The van der Waals surface area contributed by atoms with Gasteiger partial charge in [-0.05, 0) is 0 Å². The molecule has 300 valence electrons. The molecule has 0 atom stereocenters. The molecule has 0 saturated heterocycles. The maximum absolute atomic E-state index is 5.06. The number of methoxy groups -OCH3 is 12. The number of rotatable bonds is 30. The lowest BCUT2D eigenvalue weighted by atomic mass is 10.7. The van der Waals surface area contributed by atoms with E-state index in [1.54, 1.807) is 85.3 Å². The first-order valence-corrected chi connectivity index (χ1v) is 15.7. The van der Waals surface area contributed by atoms with Gasteiger partial charge >= 0.3 is 0 Å². The van der Waals surface area contributed by atoms with Crippen molar-refractivity contribution in [2.75, 3.05) is 217 Å². The van der Waals surface area contributed by atoms with Crippen LogP contribution in [0.15, 0.2) is 0 Å². The fourth-order valence-electron chi connectivity index (χ4n) is 1.88. The van der Waals surface area contributed by atoms with E-state index < -0.39 is 0 Å². The smallest absolute Gasteiger partial charge is 0.0701 e. The van der Waals surface area contributed by atoms with Crippen LogP contribution < -0.4 is 0 Å². The van der Waals surface area contributed by atoms with Crippen LogP contribution in [0.4, 0.5) is 0 Å². The van der Waals surface area contributed by atoms with E-state index in [1.165, 1.54) is 0 Å². The highest BCUT2D eigenvalue weighted by Gasteiger charge is 1.87. The Morgan fingerprint density at radius 1 is 0.146 bits per heavy atom. The van der Waals surface area contributed by atoms with Crippen LogP contribution in [0.2, 0.25) is 0 Å². The molecule has 0 bridgehead atoms. The van der Waals surface area contributed by atoms with E-state index in [9.17, 15) is 0 Å². The average molecular weight is 717 g/mol. The molecule has 48 heavy (non-hydrogen) atoms. The van der Waals surface area contributed by atoms with Crippen molar-refractivity contribution >= 4 is 0 Å². The zero-order chi connectivity index (χ0) is 37.5. The highest BCUT2D eigenvalue weighted by molar-refractivity contribution is 4.30. The summed E-state index contributed by atoms with van der Waals surface area (Å²) in [5, 5.41) is 0. The van der Waals surface area contributed by atoms with E-state index in [0.29, 0.717) is 132 Å². The molecular weight excluding hydrogens is 640 g/mol. The maximum Gasteiger partial charge on any atom is 0.0701 e. The predicted molar refractivity (Wildman–Crippen MR) is 186 cm³/mol. The summed E-state index contributed by atoms with van der Waals surface area (Å²) >= 11 is 0. The third-order valence-corrected chi connectivity index (χ3v) is 4.44. The summed E-state index contributed by atoms with van der Waals surface area (Å²) in [4.78, 5) is 0. The van der Waals surface area contributed by atoms with Gasteiger partial charge in [-0.2, -0.15) is 0 Å². The van der Waals surface area contributed by atoms with E-state index in [4.69, 9.17) is 56.8 Å². The van der Waals surface area contributed by atoms with Crippen molar-refractivity contribution in [3.63, 3.8) is 0 Å². The van der Waals surface area contributed by atoms with Gasteiger partial charge in [-0.15, -0.1) is 0 Å². The van der Waals surface area contributed by atoms with Gasteiger partial charge in [0.15, 0.2) is 0 Å². The van der Waals surface area contributed by atoms with Crippen LogP contribution in [-0.2, 0) is 75.8 Å². The van der Waals surface area contributed by atoms with Crippen molar-refractivity contribution in [3.8, 4) is 0 Å². The van der Waals surface area contributed by atoms with Crippen LogP contribution in [0, 0.1) is 0 Å². The first-order valence-electron chi connectivity index (χ1n) is 15.7. The van der Waals surface area contributed by atoms with Crippen molar-refractivity contribution in [3.05, 3.63) is 0 Å². The second-order valence-corrected chi connectivity index (χ2v) is 8.36. The molecule has 16 nitrogen and oxygen atoms in total. The van der Waals surface area contributed by atoms with Gasteiger partial charge in [-0.25, -0.2) is 0 Å². The lowest BCUT2D eigenvalue weighted by Gasteiger charge is -2.00. The Hall–Kier alpha value is -0.640. The summed E-state index contributed by atoms with van der Waals surface area (Å²) in [5.41, 5.74) is 0. The van der Waals surface area contributed by atoms with Gasteiger partial charge in [0.25, 0.3) is 0 Å². The zero-order valence-electron chi connectivity index (χ0n) is 32.7. The van der Waals surface area contributed by atoms with Crippen LogP contribution >= 0.6 is 0 Å². The molecule has 0 N–H and O–H groups in total. The van der Waals surface area contributed by atoms with E-state index in [-0.39, 0.29) is 0 Å². The minimum absolute atomic E-state index is 0.653. The Morgan fingerprint density at radius 3 is 0.312 bits per heavy atom. The first kappa shape index (κ1) is 59.5. The molecule has 16 heteroatoms. The molecule has 0 aromatic carbocycles. The minimum atomic E-state index is 0.653. The number of hydrogen-bond donors (Lipinski definition) is 0. The second kappa shape index (κ2) is 76.3. The molecule has 0 aliphatic carbocycles. The molecule has 0 heterocycles. The van der Waals surface area contributed by atoms with Crippen LogP contribution in [0.1, 0.15) is 0 Å². The quantitative estimate of drug-likeness (QED) is 0.0994. The van der Waals surface area contributed by atoms with E-state index in [0.717, 1.165) is 0 Å². The molecular formula is C32H76O16. The molecule has 0 fully saturated rings. The molecule has 0 unspecified atom stereocenters. The van der Waals surface area contributed by atoms with Gasteiger partial charge in [0.05, 0.1) is 132 Å². The Morgan fingerprint density at radius 2 is 0.229 bits per heavy atom. The largest absolute Gasteiger partial charge is 0.382 e. The molecule has 0 rings (SSSR count). The molecule has 0 aromatic rings. The highest BCUT2D eigenvalue weighted by atomic mass is 16.6. The zero-order valence-corrected chi connectivity index (χ0v) is 32.7. The Bertz CT molecular complexity index is 320. The van der Waals surface area contributed by atoms with E-state index in [1.807, 2.05) is 0 Å². The van der Waals surface area contributed by atoms with Crippen LogP contribution in [-0.4, -0.2) is 217 Å². The molecule has 0 saturated carbocycles. The standard InChI is InChI=1S/4C6H14O3.2C4H10O2/c4*1-7-3-5-9-6-4-8-2;2*1-5-3-4-6-2/h4*3-6H2,1-2H3;2*3-4H2,1-2H3. The lowest BCUT2D eigenvalue weighted by Crippen LogP contribution is -2.06. The Labute approximate surface area is 293 Å². The van der Waals surface area contributed by atoms with Crippen molar-refractivity contribution in [2.24, 2.45) is 0 Å². The molecule has 0 radical (unpaired) electrons. The third kappa shape index (κ3) is 104. The summed E-state index contributed by atoms with van der Waals surface area (Å²) in [6.07, 6.45) is 0. The van der Waals surface area contributed by atoms with Crippen molar-refractivity contribution < 1.29 is 75.8 Å². The van der Waals surface area contributed by atoms with Crippen LogP contribution in [0.5, 0.6) is 0 Å². The van der Waals surface area contributed by atoms with Gasteiger partial charge in [-0.1, -0.05) is 0 Å². The van der Waals surface area contributed by atoms with Crippen LogP contribution in [0.25, 0.3) is 0 Å². The van der Waals surface area contributed by atoms with Gasteiger partial charge in [0.2, 0.25) is 0 Å². The normalized spacial score (nSPS) is 9.75. The van der Waals surface area contributed by atoms with Gasteiger partial charge in [0, 0.05) is 85.3 Å². The summed E-state index contributed by atoms with van der Waals surface area (Å²) in [7, 11) is 19.8. The molecule has 0 aliphatic heterocycles. The molecule has 0 aromatic heterocycles.